The van der Waals surface area contributed by atoms with Gasteiger partial charge in [-0.05, 0) is 29.3 Å². The van der Waals surface area contributed by atoms with Gasteiger partial charge in [-0.25, -0.2) is 4.39 Å². The first-order chi connectivity index (χ1) is 8.78. The van der Waals surface area contributed by atoms with Crippen LogP contribution in [0, 0.1) is 5.82 Å². The van der Waals surface area contributed by atoms with Crippen molar-refractivity contribution in [2.45, 2.75) is 12.3 Å². The van der Waals surface area contributed by atoms with Crippen LogP contribution in [-0.4, -0.2) is 11.6 Å². The van der Waals surface area contributed by atoms with Crippen LogP contribution in [0.25, 0.3) is 0 Å². The second-order valence-corrected chi connectivity index (χ2v) is 4.16. The van der Waals surface area contributed by atoms with Crippen molar-refractivity contribution in [1.82, 2.24) is 4.98 Å². The predicted octanol–water partition coefficient (Wildman–Crippen LogP) is 3.58. The second kappa shape index (κ2) is 6.36. The van der Waals surface area contributed by atoms with Crippen LogP contribution in [0.5, 0.6) is 5.75 Å². The van der Waals surface area contributed by atoms with Gasteiger partial charge in [-0.3, -0.25) is 4.98 Å². The molecule has 0 fully saturated rings. The molecule has 4 heteroatoms. The molecule has 1 aromatic carbocycles. The number of nitrogens with zero attached hydrogens (tertiary/aromatic N) is 1. The number of ether oxygens (including phenoxy) is 1. The summed E-state index contributed by atoms with van der Waals surface area (Å²) in [5.74, 6) is 0.454. The molecule has 94 valence electrons. The summed E-state index contributed by atoms with van der Waals surface area (Å²) in [7, 11) is 0. The summed E-state index contributed by atoms with van der Waals surface area (Å²) in [6.07, 6.45) is 4.25. The molecule has 0 aliphatic heterocycles. The zero-order valence-electron chi connectivity index (χ0n) is 9.77. The van der Waals surface area contributed by atoms with Crippen LogP contribution in [0.4, 0.5) is 4.39 Å². The highest BCUT2D eigenvalue weighted by atomic mass is 35.5. The average molecular weight is 266 g/mol. The molecular weight excluding hydrogens is 253 g/mol. The van der Waals surface area contributed by atoms with Gasteiger partial charge < -0.3 is 4.74 Å². The van der Waals surface area contributed by atoms with E-state index in [9.17, 15) is 4.39 Å². The first-order valence-corrected chi connectivity index (χ1v) is 6.18. The van der Waals surface area contributed by atoms with Crippen molar-refractivity contribution in [3.8, 4) is 5.75 Å². The summed E-state index contributed by atoms with van der Waals surface area (Å²) >= 11 is 5.67. The first-order valence-electron chi connectivity index (χ1n) is 5.65. The largest absolute Gasteiger partial charge is 0.493 e. The third-order valence-electron chi connectivity index (χ3n) is 2.47. The maximum atomic E-state index is 13.2. The number of rotatable bonds is 5. The molecule has 0 bridgehead atoms. The third-order valence-corrected chi connectivity index (χ3v) is 2.78. The van der Waals surface area contributed by atoms with Crippen LogP contribution < -0.4 is 4.74 Å². The normalized spacial score (nSPS) is 10.3. The molecule has 0 N–H and O–H groups in total. The maximum Gasteiger partial charge on any atom is 0.127 e. The van der Waals surface area contributed by atoms with E-state index in [1.54, 1.807) is 18.5 Å². The van der Waals surface area contributed by atoms with Gasteiger partial charge in [0.25, 0.3) is 0 Å². The van der Waals surface area contributed by atoms with Crippen LogP contribution >= 0.6 is 11.6 Å². The Morgan fingerprint density at radius 2 is 2.11 bits per heavy atom. The molecule has 0 atom stereocenters. The van der Waals surface area contributed by atoms with Gasteiger partial charge in [-0.1, -0.05) is 6.07 Å². The van der Waals surface area contributed by atoms with E-state index in [-0.39, 0.29) is 11.7 Å². The molecule has 2 aromatic rings. The van der Waals surface area contributed by atoms with E-state index in [2.05, 4.69) is 4.98 Å². The lowest BCUT2D eigenvalue weighted by molar-refractivity contribution is 0.320. The number of aromatic nitrogens is 1. The Labute approximate surface area is 110 Å². The Hall–Kier alpha value is -1.61. The third kappa shape index (κ3) is 3.70. The van der Waals surface area contributed by atoms with Crippen molar-refractivity contribution in [2.24, 2.45) is 0 Å². The minimum absolute atomic E-state index is 0.275. The SMILES string of the molecule is Fc1cc(CCl)cc(OCCc2cccnc2)c1. The van der Waals surface area contributed by atoms with Gasteiger partial charge in [0.05, 0.1) is 6.61 Å². The Morgan fingerprint density at radius 1 is 1.22 bits per heavy atom. The van der Waals surface area contributed by atoms with E-state index in [1.165, 1.54) is 12.1 Å². The summed E-state index contributed by atoms with van der Waals surface area (Å²) < 4.78 is 18.7. The summed E-state index contributed by atoms with van der Waals surface area (Å²) in [5.41, 5.74) is 1.81. The fourth-order valence-electron chi connectivity index (χ4n) is 1.61. The van der Waals surface area contributed by atoms with E-state index in [0.717, 1.165) is 12.0 Å². The Morgan fingerprint density at radius 3 is 2.83 bits per heavy atom. The quantitative estimate of drug-likeness (QED) is 0.771. The molecule has 0 saturated heterocycles. The minimum Gasteiger partial charge on any atom is -0.493 e. The lowest BCUT2D eigenvalue weighted by Gasteiger charge is -2.07. The lowest BCUT2D eigenvalue weighted by Crippen LogP contribution is -2.02. The van der Waals surface area contributed by atoms with Crippen molar-refractivity contribution < 1.29 is 9.13 Å². The van der Waals surface area contributed by atoms with E-state index < -0.39 is 0 Å². The number of benzene rings is 1. The lowest BCUT2D eigenvalue weighted by atomic mass is 10.2. The molecule has 1 heterocycles. The summed E-state index contributed by atoms with van der Waals surface area (Å²) in [6, 6.07) is 8.37. The highest BCUT2D eigenvalue weighted by Crippen LogP contribution is 2.18. The van der Waals surface area contributed by atoms with Gasteiger partial charge in [-0.2, -0.15) is 0 Å². The molecule has 0 aliphatic carbocycles. The summed E-state index contributed by atoms with van der Waals surface area (Å²) in [5, 5.41) is 0. The fraction of sp³-hybridized carbons (Fsp3) is 0.214. The van der Waals surface area contributed by atoms with Gasteiger partial charge in [0.1, 0.15) is 11.6 Å². The van der Waals surface area contributed by atoms with Crippen molar-refractivity contribution >= 4 is 11.6 Å². The zero-order valence-corrected chi connectivity index (χ0v) is 10.5. The van der Waals surface area contributed by atoms with Crippen LogP contribution in [0.15, 0.2) is 42.7 Å². The molecular formula is C14H13ClFNO. The molecule has 0 unspecified atom stereocenters. The van der Waals surface area contributed by atoms with Crippen LogP contribution in [0.2, 0.25) is 0 Å². The second-order valence-electron chi connectivity index (χ2n) is 3.89. The van der Waals surface area contributed by atoms with Crippen molar-refractivity contribution in [2.75, 3.05) is 6.61 Å². The molecule has 0 aliphatic rings. The Balaban J connectivity index is 1.92. The van der Waals surface area contributed by atoms with Gasteiger partial charge in [0.15, 0.2) is 0 Å². The first kappa shape index (κ1) is 12.8. The van der Waals surface area contributed by atoms with E-state index in [0.29, 0.717) is 17.9 Å². The van der Waals surface area contributed by atoms with Gasteiger partial charge in [0.2, 0.25) is 0 Å². The standard InChI is InChI=1S/C14H13ClFNO/c15-9-12-6-13(16)8-14(7-12)18-5-3-11-2-1-4-17-10-11/h1-2,4,6-8,10H,3,5,9H2. The fourth-order valence-corrected chi connectivity index (χ4v) is 1.77. The Bertz CT molecular complexity index is 504. The molecule has 0 spiro atoms. The van der Waals surface area contributed by atoms with Gasteiger partial charge >= 0.3 is 0 Å². The van der Waals surface area contributed by atoms with Gasteiger partial charge in [-0.15, -0.1) is 11.6 Å². The predicted molar refractivity (Wildman–Crippen MR) is 69.4 cm³/mol. The molecule has 2 nitrogen and oxygen atoms in total. The minimum atomic E-state index is -0.329. The number of hydrogen-bond acceptors (Lipinski definition) is 2. The van der Waals surface area contributed by atoms with E-state index in [1.807, 2.05) is 12.1 Å². The monoisotopic (exact) mass is 265 g/mol. The smallest absolute Gasteiger partial charge is 0.127 e. The number of alkyl halides is 1. The van der Waals surface area contributed by atoms with Gasteiger partial charge in [0, 0.05) is 30.8 Å². The van der Waals surface area contributed by atoms with Crippen molar-refractivity contribution in [3.63, 3.8) is 0 Å². The molecule has 18 heavy (non-hydrogen) atoms. The Kier molecular flexibility index (Phi) is 4.53. The van der Waals surface area contributed by atoms with Crippen molar-refractivity contribution in [1.29, 1.82) is 0 Å². The average Bonchev–Trinajstić information content (AvgIpc) is 2.39. The number of pyridine rings is 1. The molecule has 2 rings (SSSR count). The van der Waals surface area contributed by atoms with Crippen LogP contribution in [0.1, 0.15) is 11.1 Å². The highest BCUT2D eigenvalue weighted by molar-refractivity contribution is 6.17. The molecule has 1 aromatic heterocycles. The highest BCUT2D eigenvalue weighted by Gasteiger charge is 2.01. The number of halogens is 2. The molecule has 0 amide bonds. The maximum absolute atomic E-state index is 13.2. The van der Waals surface area contributed by atoms with E-state index >= 15 is 0 Å². The van der Waals surface area contributed by atoms with E-state index in [4.69, 9.17) is 16.3 Å². The number of hydrogen-bond donors (Lipinski definition) is 0. The molecule has 0 radical (unpaired) electrons. The van der Waals surface area contributed by atoms with Crippen LogP contribution in [0.3, 0.4) is 0 Å². The van der Waals surface area contributed by atoms with Crippen LogP contribution in [-0.2, 0) is 12.3 Å². The summed E-state index contributed by atoms with van der Waals surface area (Å²) in [6.45, 7) is 0.483. The van der Waals surface area contributed by atoms with Crippen molar-refractivity contribution in [3.05, 3.63) is 59.7 Å². The zero-order chi connectivity index (χ0) is 12.8. The summed E-state index contributed by atoms with van der Waals surface area (Å²) in [4.78, 5) is 4.02. The molecule has 0 saturated carbocycles. The topological polar surface area (TPSA) is 22.1 Å².